The third-order valence-corrected chi connectivity index (χ3v) is 9.56. The molecule has 2 aromatic carbocycles. The van der Waals surface area contributed by atoms with E-state index < -0.39 is 11.2 Å². The van der Waals surface area contributed by atoms with Crippen LogP contribution in [-0.4, -0.2) is 64.7 Å². The molecule has 0 spiro atoms. The maximum atomic E-state index is 13.8. The standard InChI is InChI=1S/C30H37N3O5S/c1-36-28-12-6-5-11-27(28)29(34)31-23-30(24-8-3-2-4-9-24)15-13-25(14-16-30)33(22-26-10-7-19-38-26)39(35)32-17-20-37-21-18-32/h2-12,19,25H,13-18,20-23H2,1H3,(H,31,34). The second-order valence-electron chi connectivity index (χ2n) is 10.2. The first-order valence-corrected chi connectivity index (χ1v) is 14.7. The Morgan fingerprint density at radius 1 is 1.05 bits per heavy atom. The lowest BCUT2D eigenvalue weighted by Crippen LogP contribution is -2.51. The van der Waals surface area contributed by atoms with E-state index in [1.807, 2.05) is 34.6 Å². The number of para-hydroxylation sites is 1. The Hall–Kier alpha value is -2.98. The Morgan fingerprint density at radius 2 is 1.77 bits per heavy atom. The molecule has 2 heterocycles. The van der Waals surface area contributed by atoms with Gasteiger partial charge >= 0.3 is 0 Å². The van der Waals surface area contributed by atoms with Crippen molar-refractivity contribution < 1.29 is 22.9 Å². The van der Waals surface area contributed by atoms with Gasteiger partial charge in [0.25, 0.3) is 5.91 Å². The molecule has 5 rings (SSSR count). The summed E-state index contributed by atoms with van der Waals surface area (Å²) in [6.07, 6.45) is 5.11. The first kappa shape index (κ1) is 27.6. The van der Waals surface area contributed by atoms with E-state index in [0.29, 0.717) is 50.7 Å². The fraction of sp³-hybridized carbons (Fsp3) is 0.433. The highest BCUT2D eigenvalue weighted by Crippen LogP contribution is 2.41. The topological polar surface area (TPSA) is 84.2 Å². The van der Waals surface area contributed by atoms with Gasteiger partial charge in [-0.3, -0.25) is 4.79 Å². The number of methoxy groups -OCH3 is 1. The molecule has 208 valence electrons. The Labute approximate surface area is 233 Å². The van der Waals surface area contributed by atoms with Gasteiger partial charge in [0.15, 0.2) is 11.2 Å². The van der Waals surface area contributed by atoms with Crippen LogP contribution in [0.15, 0.2) is 77.4 Å². The fourth-order valence-corrected chi connectivity index (χ4v) is 7.16. The molecule has 1 atom stereocenters. The molecule has 3 aromatic rings. The van der Waals surface area contributed by atoms with Crippen molar-refractivity contribution in [1.82, 2.24) is 13.9 Å². The van der Waals surface area contributed by atoms with Gasteiger partial charge in [0.1, 0.15) is 11.5 Å². The Kier molecular flexibility index (Phi) is 9.13. The van der Waals surface area contributed by atoms with Gasteiger partial charge in [-0.2, -0.15) is 0 Å². The number of carbonyl (C=O) groups excluding carboxylic acids is 1. The van der Waals surface area contributed by atoms with E-state index in [2.05, 4.69) is 33.9 Å². The third-order valence-electron chi connectivity index (χ3n) is 7.93. The molecule has 0 bridgehead atoms. The van der Waals surface area contributed by atoms with Gasteiger partial charge in [-0.25, -0.2) is 12.8 Å². The maximum Gasteiger partial charge on any atom is 0.255 e. The molecule has 1 unspecified atom stereocenters. The van der Waals surface area contributed by atoms with Gasteiger partial charge in [-0.15, -0.1) is 0 Å². The molecule has 2 aliphatic rings. The minimum absolute atomic E-state index is 0.125. The Morgan fingerprint density at radius 3 is 2.46 bits per heavy atom. The minimum Gasteiger partial charge on any atom is -0.496 e. The number of furan rings is 1. The number of benzene rings is 2. The number of carbonyl (C=O) groups is 1. The normalized spacial score (nSPS) is 22.9. The maximum absolute atomic E-state index is 13.8. The summed E-state index contributed by atoms with van der Waals surface area (Å²) in [5, 5.41) is 3.21. The van der Waals surface area contributed by atoms with Crippen LogP contribution < -0.4 is 10.1 Å². The quantitative estimate of drug-likeness (QED) is 0.406. The molecule has 39 heavy (non-hydrogen) atoms. The van der Waals surface area contributed by atoms with Crippen LogP contribution in [0.1, 0.15) is 47.4 Å². The molecular formula is C30H37N3O5S. The van der Waals surface area contributed by atoms with Crippen LogP contribution in [-0.2, 0) is 27.9 Å². The molecule has 1 N–H and O–H groups in total. The molecule has 2 fully saturated rings. The predicted molar refractivity (Wildman–Crippen MR) is 150 cm³/mol. The highest BCUT2D eigenvalue weighted by molar-refractivity contribution is 7.80. The highest BCUT2D eigenvalue weighted by Gasteiger charge is 2.41. The van der Waals surface area contributed by atoms with Crippen molar-refractivity contribution >= 4 is 17.1 Å². The van der Waals surface area contributed by atoms with Gasteiger partial charge in [0.05, 0.1) is 38.7 Å². The smallest absolute Gasteiger partial charge is 0.255 e. The van der Waals surface area contributed by atoms with Crippen molar-refractivity contribution in [3.05, 3.63) is 89.9 Å². The van der Waals surface area contributed by atoms with E-state index >= 15 is 0 Å². The van der Waals surface area contributed by atoms with Crippen LogP contribution in [0.4, 0.5) is 0 Å². The predicted octanol–water partition coefficient (Wildman–Crippen LogP) is 4.31. The Bertz CT molecular complexity index is 1220. The molecule has 1 saturated heterocycles. The summed E-state index contributed by atoms with van der Waals surface area (Å²) in [4.78, 5) is 13.2. The number of nitrogens with one attached hydrogen (secondary N) is 1. The summed E-state index contributed by atoms with van der Waals surface area (Å²) >= 11 is -1.29. The second-order valence-corrected chi connectivity index (χ2v) is 11.6. The van der Waals surface area contributed by atoms with Crippen molar-refractivity contribution in [3.8, 4) is 5.75 Å². The number of hydrogen-bond acceptors (Lipinski definition) is 5. The number of hydrogen-bond donors (Lipinski definition) is 1. The van der Waals surface area contributed by atoms with Gasteiger partial charge in [-0.1, -0.05) is 42.5 Å². The lowest BCUT2D eigenvalue weighted by Gasteiger charge is -2.44. The summed E-state index contributed by atoms with van der Waals surface area (Å²) in [6, 6.07) is 21.7. The van der Waals surface area contributed by atoms with Crippen molar-refractivity contribution in [1.29, 1.82) is 0 Å². The first-order valence-electron chi connectivity index (χ1n) is 13.6. The lowest BCUT2D eigenvalue weighted by atomic mass is 9.68. The molecule has 1 aliphatic heterocycles. The highest BCUT2D eigenvalue weighted by atomic mass is 32.2. The summed E-state index contributed by atoms with van der Waals surface area (Å²) in [5.74, 6) is 1.23. The van der Waals surface area contributed by atoms with Crippen LogP contribution >= 0.6 is 0 Å². The van der Waals surface area contributed by atoms with Gasteiger partial charge in [0.2, 0.25) is 0 Å². The minimum atomic E-state index is -1.29. The van der Waals surface area contributed by atoms with Gasteiger partial charge < -0.3 is 19.2 Å². The van der Waals surface area contributed by atoms with Crippen molar-refractivity contribution in [2.75, 3.05) is 40.0 Å². The van der Waals surface area contributed by atoms with E-state index in [0.717, 1.165) is 31.4 Å². The van der Waals surface area contributed by atoms with Crippen molar-refractivity contribution in [3.63, 3.8) is 0 Å². The largest absolute Gasteiger partial charge is 0.496 e. The average Bonchev–Trinajstić information content (AvgIpc) is 3.53. The number of morpholine rings is 1. The molecule has 8 nitrogen and oxygen atoms in total. The molecule has 9 heteroatoms. The first-order chi connectivity index (χ1) is 19.1. The molecule has 1 amide bonds. The van der Waals surface area contributed by atoms with E-state index in [9.17, 15) is 9.00 Å². The SMILES string of the molecule is COc1ccccc1C(=O)NCC1(c2ccccc2)CCC(N(Cc2ccco2)S(=O)N2CCOCC2)CC1. The molecule has 1 saturated carbocycles. The van der Waals surface area contributed by atoms with E-state index in [4.69, 9.17) is 13.9 Å². The van der Waals surface area contributed by atoms with Crippen molar-refractivity contribution in [2.45, 2.75) is 43.7 Å². The lowest BCUT2D eigenvalue weighted by molar-refractivity contribution is 0.0707. The van der Waals surface area contributed by atoms with Crippen LogP contribution in [0.3, 0.4) is 0 Å². The monoisotopic (exact) mass is 551 g/mol. The zero-order valence-electron chi connectivity index (χ0n) is 22.4. The molecule has 1 aliphatic carbocycles. The van der Waals surface area contributed by atoms with Crippen LogP contribution in [0.25, 0.3) is 0 Å². The van der Waals surface area contributed by atoms with E-state index in [-0.39, 0.29) is 17.4 Å². The number of amides is 1. The summed E-state index contributed by atoms with van der Waals surface area (Å²) < 4.78 is 34.4. The summed E-state index contributed by atoms with van der Waals surface area (Å²) in [5.41, 5.74) is 1.53. The zero-order valence-corrected chi connectivity index (χ0v) is 23.2. The van der Waals surface area contributed by atoms with Crippen LogP contribution in [0, 0.1) is 0 Å². The van der Waals surface area contributed by atoms with Gasteiger partial charge in [-0.05, 0) is 55.5 Å². The fourth-order valence-electron chi connectivity index (χ4n) is 5.70. The third kappa shape index (κ3) is 6.44. The Balaban J connectivity index is 1.33. The number of rotatable bonds is 10. The summed E-state index contributed by atoms with van der Waals surface area (Å²) in [6.45, 7) is 3.49. The number of ether oxygens (including phenoxy) is 2. The zero-order chi connectivity index (χ0) is 27.1. The van der Waals surface area contributed by atoms with Crippen molar-refractivity contribution in [2.24, 2.45) is 0 Å². The van der Waals surface area contributed by atoms with E-state index in [1.54, 1.807) is 25.5 Å². The van der Waals surface area contributed by atoms with Gasteiger partial charge in [0, 0.05) is 31.1 Å². The van der Waals surface area contributed by atoms with Crippen LogP contribution in [0.5, 0.6) is 5.75 Å². The molecule has 1 aromatic heterocycles. The molecule has 0 radical (unpaired) electrons. The summed E-state index contributed by atoms with van der Waals surface area (Å²) in [7, 11) is 1.58. The van der Waals surface area contributed by atoms with E-state index in [1.165, 1.54) is 5.56 Å². The molecular weight excluding hydrogens is 514 g/mol. The average molecular weight is 552 g/mol. The second kappa shape index (κ2) is 12.9. The van der Waals surface area contributed by atoms with Crippen LogP contribution in [0.2, 0.25) is 0 Å². The number of nitrogens with zero attached hydrogens (tertiary/aromatic N) is 2.